The van der Waals surface area contributed by atoms with E-state index >= 15 is 0 Å². The fourth-order valence-corrected chi connectivity index (χ4v) is 3.68. The van der Waals surface area contributed by atoms with Crippen LogP contribution in [0.15, 0.2) is 65.8 Å². The van der Waals surface area contributed by atoms with Gasteiger partial charge in [0.25, 0.3) is 10.0 Å². The maximum absolute atomic E-state index is 13.5. The first kappa shape index (κ1) is 18.4. The normalized spacial score (nSPS) is 10.9. The van der Waals surface area contributed by atoms with E-state index in [0.717, 1.165) is 17.7 Å². The number of sulfonamides is 1. The number of benzene rings is 2. The molecule has 27 heavy (non-hydrogen) atoms. The van der Waals surface area contributed by atoms with Crippen molar-refractivity contribution in [1.82, 2.24) is 4.98 Å². The van der Waals surface area contributed by atoms with Crippen molar-refractivity contribution >= 4 is 15.7 Å². The second-order valence-electron chi connectivity index (χ2n) is 5.55. The van der Waals surface area contributed by atoms with E-state index in [1.54, 1.807) is 36.5 Å². The fourth-order valence-electron chi connectivity index (χ4n) is 2.46. The van der Waals surface area contributed by atoms with E-state index < -0.39 is 15.8 Å². The zero-order valence-corrected chi connectivity index (χ0v) is 15.0. The van der Waals surface area contributed by atoms with Crippen LogP contribution in [0, 0.1) is 17.1 Å². The first-order chi connectivity index (χ1) is 12.9. The number of methoxy groups -OCH3 is 1. The third kappa shape index (κ3) is 4.04. The molecule has 0 radical (unpaired) electrons. The smallest absolute Gasteiger partial charge is 0.265 e. The van der Waals surface area contributed by atoms with Crippen LogP contribution in [-0.4, -0.2) is 20.5 Å². The lowest BCUT2D eigenvalue weighted by atomic mass is 10.1. The lowest BCUT2D eigenvalue weighted by Gasteiger charge is -2.12. The summed E-state index contributed by atoms with van der Waals surface area (Å²) in [6.07, 6.45) is 2.92. The van der Waals surface area contributed by atoms with Crippen LogP contribution < -0.4 is 9.46 Å². The van der Waals surface area contributed by atoms with E-state index in [2.05, 4.69) is 9.71 Å². The van der Waals surface area contributed by atoms with Crippen molar-refractivity contribution in [3.63, 3.8) is 0 Å². The number of anilines is 1. The van der Waals surface area contributed by atoms with Gasteiger partial charge in [-0.05, 0) is 42.0 Å². The molecule has 0 atom stereocenters. The number of pyridine rings is 1. The molecule has 136 valence electrons. The highest BCUT2D eigenvalue weighted by atomic mass is 32.2. The molecule has 0 amide bonds. The Hall–Kier alpha value is -3.44. The van der Waals surface area contributed by atoms with Crippen molar-refractivity contribution in [2.75, 3.05) is 11.8 Å². The Morgan fingerprint density at radius 1 is 1.07 bits per heavy atom. The van der Waals surface area contributed by atoms with E-state index in [4.69, 9.17) is 10.00 Å². The highest BCUT2D eigenvalue weighted by Crippen LogP contribution is 2.28. The van der Waals surface area contributed by atoms with E-state index in [1.807, 2.05) is 6.07 Å². The summed E-state index contributed by atoms with van der Waals surface area (Å²) in [5.74, 6) is -0.666. The predicted molar refractivity (Wildman–Crippen MR) is 98.1 cm³/mol. The van der Waals surface area contributed by atoms with Crippen molar-refractivity contribution in [1.29, 1.82) is 5.26 Å². The number of halogens is 1. The molecule has 0 saturated carbocycles. The van der Waals surface area contributed by atoms with Gasteiger partial charge in [0.15, 0.2) is 0 Å². The van der Waals surface area contributed by atoms with Gasteiger partial charge in [-0.2, -0.15) is 5.26 Å². The van der Waals surface area contributed by atoms with Crippen LogP contribution in [0.4, 0.5) is 10.1 Å². The molecule has 8 heteroatoms. The number of rotatable bonds is 5. The molecule has 3 rings (SSSR count). The SMILES string of the molecule is COc1ccc(F)cc1S(=O)(=O)Nc1cncc(-c2ccc(C#N)cc2)c1. The van der Waals surface area contributed by atoms with Crippen LogP contribution in [0.2, 0.25) is 0 Å². The van der Waals surface area contributed by atoms with Gasteiger partial charge >= 0.3 is 0 Å². The van der Waals surface area contributed by atoms with Gasteiger partial charge in [0, 0.05) is 11.8 Å². The van der Waals surface area contributed by atoms with Crippen LogP contribution >= 0.6 is 0 Å². The van der Waals surface area contributed by atoms with Crippen molar-refractivity contribution in [3.05, 3.63) is 72.3 Å². The predicted octanol–water partition coefficient (Wildman–Crippen LogP) is 3.57. The summed E-state index contributed by atoms with van der Waals surface area (Å²) in [4.78, 5) is 3.73. The number of hydrogen-bond donors (Lipinski definition) is 1. The summed E-state index contributed by atoms with van der Waals surface area (Å²) in [6, 6.07) is 13.7. The summed E-state index contributed by atoms with van der Waals surface area (Å²) in [6.45, 7) is 0. The second-order valence-corrected chi connectivity index (χ2v) is 7.20. The summed E-state index contributed by atoms with van der Waals surface area (Å²) >= 11 is 0. The molecule has 0 spiro atoms. The molecule has 1 heterocycles. The lowest BCUT2D eigenvalue weighted by Crippen LogP contribution is -2.14. The molecule has 0 unspecified atom stereocenters. The zero-order chi connectivity index (χ0) is 19.4. The second kappa shape index (κ2) is 7.43. The summed E-state index contributed by atoms with van der Waals surface area (Å²) < 4.78 is 46.2. The molecule has 1 N–H and O–H groups in total. The highest BCUT2D eigenvalue weighted by molar-refractivity contribution is 7.92. The number of hydrogen-bond acceptors (Lipinski definition) is 5. The van der Waals surface area contributed by atoms with E-state index in [1.165, 1.54) is 19.4 Å². The average Bonchev–Trinajstić information content (AvgIpc) is 2.68. The maximum atomic E-state index is 13.5. The van der Waals surface area contributed by atoms with Gasteiger partial charge in [-0.15, -0.1) is 0 Å². The van der Waals surface area contributed by atoms with Crippen LogP contribution in [0.5, 0.6) is 5.75 Å². The number of aromatic nitrogens is 1. The Morgan fingerprint density at radius 3 is 2.48 bits per heavy atom. The number of nitriles is 1. The minimum Gasteiger partial charge on any atom is -0.495 e. The van der Waals surface area contributed by atoms with Gasteiger partial charge in [-0.3, -0.25) is 9.71 Å². The number of ether oxygens (including phenoxy) is 1. The molecule has 1 aromatic heterocycles. The Balaban J connectivity index is 1.94. The molecular weight excluding hydrogens is 369 g/mol. The molecule has 0 fully saturated rings. The van der Waals surface area contributed by atoms with E-state index in [-0.39, 0.29) is 16.3 Å². The highest BCUT2D eigenvalue weighted by Gasteiger charge is 2.21. The van der Waals surface area contributed by atoms with Gasteiger partial charge in [0.1, 0.15) is 16.5 Å². The Kier molecular flexibility index (Phi) is 5.05. The van der Waals surface area contributed by atoms with Crippen molar-refractivity contribution in [3.8, 4) is 22.9 Å². The molecule has 0 bridgehead atoms. The number of nitrogens with zero attached hydrogens (tertiary/aromatic N) is 2. The Bertz CT molecular complexity index is 1120. The number of nitrogens with one attached hydrogen (secondary N) is 1. The van der Waals surface area contributed by atoms with Crippen LogP contribution in [-0.2, 0) is 10.0 Å². The monoisotopic (exact) mass is 383 g/mol. The quantitative estimate of drug-likeness (QED) is 0.727. The van der Waals surface area contributed by atoms with Gasteiger partial charge < -0.3 is 4.74 Å². The third-order valence-corrected chi connectivity index (χ3v) is 5.16. The molecule has 2 aromatic carbocycles. The average molecular weight is 383 g/mol. The molecule has 6 nitrogen and oxygen atoms in total. The van der Waals surface area contributed by atoms with Gasteiger partial charge in [0.2, 0.25) is 0 Å². The minimum atomic E-state index is -4.09. The topological polar surface area (TPSA) is 92.1 Å². The zero-order valence-electron chi connectivity index (χ0n) is 14.2. The van der Waals surface area contributed by atoms with Crippen LogP contribution in [0.1, 0.15) is 5.56 Å². The van der Waals surface area contributed by atoms with Gasteiger partial charge in [-0.1, -0.05) is 12.1 Å². The Labute approximate surface area is 155 Å². The van der Waals surface area contributed by atoms with Crippen LogP contribution in [0.25, 0.3) is 11.1 Å². The summed E-state index contributed by atoms with van der Waals surface area (Å²) in [7, 11) is -2.78. The van der Waals surface area contributed by atoms with Crippen molar-refractivity contribution in [2.24, 2.45) is 0 Å². The first-order valence-corrected chi connectivity index (χ1v) is 9.23. The largest absolute Gasteiger partial charge is 0.495 e. The minimum absolute atomic E-state index is 0.0279. The molecule has 0 aliphatic carbocycles. The van der Waals surface area contributed by atoms with Gasteiger partial charge in [0.05, 0.1) is 30.6 Å². The lowest BCUT2D eigenvalue weighted by molar-refractivity contribution is 0.401. The summed E-state index contributed by atoms with van der Waals surface area (Å²) in [5, 5.41) is 8.87. The van der Waals surface area contributed by atoms with E-state index in [0.29, 0.717) is 11.1 Å². The summed E-state index contributed by atoms with van der Waals surface area (Å²) in [5.41, 5.74) is 2.15. The van der Waals surface area contributed by atoms with Crippen molar-refractivity contribution < 1.29 is 17.5 Å². The van der Waals surface area contributed by atoms with Crippen LogP contribution in [0.3, 0.4) is 0 Å². The Morgan fingerprint density at radius 2 is 1.81 bits per heavy atom. The molecular formula is C19H14FN3O3S. The maximum Gasteiger partial charge on any atom is 0.265 e. The third-order valence-electron chi connectivity index (χ3n) is 3.75. The fraction of sp³-hybridized carbons (Fsp3) is 0.0526. The van der Waals surface area contributed by atoms with E-state index in [9.17, 15) is 12.8 Å². The molecule has 3 aromatic rings. The molecule has 0 aliphatic rings. The first-order valence-electron chi connectivity index (χ1n) is 7.75. The molecule has 0 saturated heterocycles. The standard InChI is InChI=1S/C19H14FN3O3S/c1-26-18-7-6-16(20)9-19(18)27(24,25)23-17-8-15(11-22-12-17)14-4-2-13(10-21)3-5-14/h2-9,11-12,23H,1H3. The molecule has 0 aliphatic heterocycles. The van der Waals surface area contributed by atoms with Crippen molar-refractivity contribution in [2.45, 2.75) is 4.90 Å². The van der Waals surface area contributed by atoms with Gasteiger partial charge in [-0.25, -0.2) is 12.8 Å².